The first kappa shape index (κ1) is 14.8. The summed E-state index contributed by atoms with van der Waals surface area (Å²) in [6.07, 6.45) is 0.563. The molecule has 22 heavy (non-hydrogen) atoms. The van der Waals surface area contributed by atoms with Crippen LogP contribution in [0.25, 0.3) is 5.69 Å². The van der Waals surface area contributed by atoms with Gasteiger partial charge in [-0.25, -0.2) is 4.68 Å². The van der Waals surface area contributed by atoms with Gasteiger partial charge in [-0.3, -0.25) is 5.41 Å². The summed E-state index contributed by atoms with van der Waals surface area (Å²) < 4.78 is 7.18. The molecule has 2 heterocycles. The molecular weight excluding hydrogens is 300 g/mol. The lowest BCUT2D eigenvalue weighted by atomic mass is 9.92. The molecule has 6 heteroatoms. The number of ether oxygens (including phenoxy) is 1. The minimum atomic E-state index is -0.358. The molecule has 2 aromatic rings. The molecule has 3 rings (SSSR count). The fourth-order valence-electron chi connectivity index (χ4n) is 2.59. The Labute approximate surface area is 133 Å². The van der Waals surface area contributed by atoms with Gasteiger partial charge in [0.1, 0.15) is 11.6 Å². The van der Waals surface area contributed by atoms with Crippen LogP contribution in [-0.4, -0.2) is 15.4 Å². The monoisotopic (exact) mass is 314 g/mol. The van der Waals surface area contributed by atoms with Gasteiger partial charge in [-0.2, -0.15) is 10.4 Å². The average molecular weight is 315 g/mol. The predicted octanol–water partition coefficient (Wildman–Crippen LogP) is 2.73. The topological polar surface area (TPSA) is 74.7 Å². The number of aromatic nitrogens is 2. The van der Waals surface area contributed by atoms with E-state index in [2.05, 4.69) is 11.2 Å². The molecule has 0 unspecified atom stereocenters. The highest BCUT2D eigenvalue weighted by Crippen LogP contribution is 2.28. The van der Waals surface area contributed by atoms with Crippen LogP contribution in [-0.2, 0) is 17.8 Å². The van der Waals surface area contributed by atoms with Crippen molar-refractivity contribution in [2.45, 2.75) is 32.5 Å². The summed E-state index contributed by atoms with van der Waals surface area (Å²) in [5, 5.41) is 22.8. The molecule has 0 atom stereocenters. The van der Waals surface area contributed by atoms with Gasteiger partial charge in [0, 0.05) is 12.0 Å². The quantitative estimate of drug-likeness (QED) is 0.879. The zero-order valence-corrected chi connectivity index (χ0v) is 13.1. The van der Waals surface area contributed by atoms with Crippen molar-refractivity contribution in [3.05, 3.63) is 51.6 Å². The van der Waals surface area contributed by atoms with Gasteiger partial charge >= 0.3 is 0 Å². The molecule has 1 aliphatic rings. The molecule has 0 saturated carbocycles. The highest BCUT2D eigenvalue weighted by Gasteiger charge is 2.30. The molecular formula is C16H15ClN4O. The van der Waals surface area contributed by atoms with Crippen molar-refractivity contribution in [2.24, 2.45) is 0 Å². The smallest absolute Gasteiger partial charge is 0.165 e. The van der Waals surface area contributed by atoms with Crippen LogP contribution in [0.1, 0.15) is 30.7 Å². The normalized spacial score (nSPS) is 15.9. The Morgan fingerprint density at radius 2 is 2.14 bits per heavy atom. The molecule has 0 saturated heterocycles. The molecule has 1 aromatic carbocycles. The van der Waals surface area contributed by atoms with Crippen LogP contribution >= 0.6 is 11.6 Å². The number of benzene rings is 1. The average Bonchev–Trinajstić information content (AvgIpc) is 2.47. The minimum Gasteiger partial charge on any atom is -0.369 e. The van der Waals surface area contributed by atoms with Gasteiger partial charge in [0.05, 0.1) is 28.6 Å². The molecule has 1 aliphatic heterocycles. The van der Waals surface area contributed by atoms with Crippen molar-refractivity contribution in [2.75, 3.05) is 0 Å². The third kappa shape index (κ3) is 2.41. The fraction of sp³-hybridized carbons (Fsp3) is 0.312. The number of para-hydroxylation sites is 1. The molecule has 112 valence electrons. The van der Waals surface area contributed by atoms with Crippen molar-refractivity contribution >= 4 is 11.6 Å². The van der Waals surface area contributed by atoms with E-state index in [4.69, 9.17) is 21.7 Å². The van der Waals surface area contributed by atoms with Crippen molar-refractivity contribution in [3.63, 3.8) is 0 Å². The van der Waals surface area contributed by atoms with Gasteiger partial charge in [-0.15, -0.1) is 0 Å². The van der Waals surface area contributed by atoms with Crippen LogP contribution in [0.2, 0.25) is 5.02 Å². The second kappa shape index (κ2) is 5.24. The van der Waals surface area contributed by atoms with E-state index in [-0.39, 0.29) is 11.1 Å². The first-order valence-electron chi connectivity index (χ1n) is 6.91. The molecule has 0 spiro atoms. The van der Waals surface area contributed by atoms with E-state index in [9.17, 15) is 5.26 Å². The van der Waals surface area contributed by atoms with E-state index in [1.54, 1.807) is 12.1 Å². The summed E-state index contributed by atoms with van der Waals surface area (Å²) in [5.41, 5.74) is 2.09. The number of hydrogen-bond donors (Lipinski definition) is 1. The Hall–Kier alpha value is -2.16. The van der Waals surface area contributed by atoms with Crippen molar-refractivity contribution in [1.82, 2.24) is 9.78 Å². The zero-order chi connectivity index (χ0) is 15.9. The number of nitrogens with zero attached hydrogens (tertiary/aromatic N) is 3. The van der Waals surface area contributed by atoms with Crippen LogP contribution in [0, 0.1) is 16.7 Å². The van der Waals surface area contributed by atoms with E-state index < -0.39 is 0 Å². The maximum absolute atomic E-state index is 9.50. The lowest BCUT2D eigenvalue weighted by molar-refractivity contribution is -0.0428. The van der Waals surface area contributed by atoms with Crippen LogP contribution in [0.4, 0.5) is 0 Å². The molecule has 1 N–H and O–H groups in total. The van der Waals surface area contributed by atoms with E-state index in [1.807, 2.05) is 26.0 Å². The third-order valence-corrected chi connectivity index (χ3v) is 4.03. The Balaban J connectivity index is 2.27. The van der Waals surface area contributed by atoms with Crippen LogP contribution < -0.4 is 5.49 Å². The maximum Gasteiger partial charge on any atom is 0.165 e. The summed E-state index contributed by atoms with van der Waals surface area (Å²) in [6, 6.07) is 9.28. The second-order valence-electron chi connectivity index (χ2n) is 5.85. The van der Waals surface area contributed by atoms with E-state index in [0.717, 1.165) is 5.56 Å². The van der Waals surface area contributed by atoms with E-state index in [0.29, 0.717) is 35.0 Å². The van der Waals surface area contributed by atoms with E-state index in [1.165, 1.54) is 4.68 Å². The number of hydrogen-bond acceptors (Lipinski definition) is 4. The Morgan fingerprint density at radius 1 is 1.41 bits per heavy atom. The lowest BCUT2D eigenvalue weighted by Crippen LogP contribution is -2.37. The summed E-state index contributed by atoms with van der Waals surface area (Å²) in [4.78, 5) is 0. The Kier molecular flexibility index (Phi) is 3.51. The van der Waals surface area contributed by atoms with Gasteiger partial charge in [-0.1, -0.05) is 23.7 Å². The SMILES string of the molecule is CC1(C)Cc2c(nn(-c3ccccc3Cl)c(=N)c2C#N)CO1. The highest BCUT2D eigenvalue weighted by molar-refractivity contribution is 6.32. The predicted molar refractivity (Wildman–Crippen MR) is 81.7 cm³/mol. The van der Waals surface area contributed by atoms with Crippen molar-refractivity contribution in [3.8, 4) is 11.8 Å². The molecule has 0 amide bonds. The largest absolute Gasteiger partial charge is 0.369 e. The Morgan fingerprint density at radius 3 is 2.82 bits per heavy atom. The summed E-state index contributed by atoms with van der Waals surface area (Å²) >= 11 is 6.20. The first-order chi connectivity index (χ1) is 10.4. The number of nitrogens with one attached hydrogen (secondary N) is 1. The highest BCUT2D eigenvalue weighted by atomic mass is 35.5. The number of halogens is 1. The van der Waals surface area contributed by atoms with Gasteiger partial charge in [0.25, 0.3) is 0 Å². The van der Waals surface area contributed by atoms with Crippen molar-refractivity contribution < 1.29 is 4.74 Å². The number of rotatable bonds is 1. The van der Waals surface area contributed by atoms with Crippen LogP contribution in [0.15, 0.2) is 24.3 Å². The second-order valence-corrected chi connectivity index (χ2v) is 6.26. The summed E-state index contributed by atoms with van der Waals surface area (Å²) in [6.45, 7) is 4.26. The molecule has 0 aliphatic carbocycles. The lowest BCUT2D eigenvalue weighted by Gasteiger charge is -2.32. The third-order valence-electron chi connectivity index (χ3n) is 3.71. The van der Waals surface area contributed by atoms with Gasteiger partial charge in [-0.05, 0) is 26.0 Å². The molecule has 0 fully saturated rings. The van der Waals surface area contributed by atoms with Crippen LogP contribution in [0.5, 0.6) is 0 Å². The minimum absolute atomic E-state index is 0.0482. The van der Waals surface area contributed by atoms with Gasteiger partial charge in [0.2, 0.25) is 0 Å². The van der Waals surface area contributed by atoms with Crippen LogP contribution in [0.3, 0.4) is 0 Å². The molecule has 5 nitrogen and oxygen atoms in total. The number of nitriles is 1. The maximum atomic E-state index is 9.50. The summed E-state index contributed by atoms with van der Waals surface area (Å²) in [5.74, 6) is 0. The molecule has 1 aromatic heterocycles. The van der Waals surface area contributed by atoms with Crippen molar-refractivity contribution in [1.29, 1.82) is 10.7 Å². The number of fused-ring (bicyclic) bond motifs is 1. The van der Waals surface area contributed by atoms with Gasteiger partial charge in [0.15, 0.2) is 5.49 Å². The zero-order valence-electron chi connectivity index (χ0n) is 12.4. The van der Waals surface area contributed by atoms with E-state index >= 15 is 0 Å². The van der Waals surface area contributed by atoms with Gasteiger partial charge < -0.3 is 4.74 Å². The summed E-state index contributed by atoms with van der Waals surface area (Å²) in [7, 11) is 0. The fourth-order valence-corrected chi connectivity index (χ4v) is 2.81. The first-order valence-corrected chi connectivity index (χ1v) is 7.29. The molecule has 0 bridgehead atoms. The Bertz CT molecular complexity index is 848. The standard InChI is InChI=1S/C16H15ClN4O/c1-16(2)7-10-11(8-18)15(19)21(20-13(10)9-22-16)14-6-4-3-5-12(14)17/h3-6,19H,7,9H2,1-2H3. The molecule has 0 radical (unpaired) electrons.